The van der Waals surface area contributed by atoms with E-state index in [-0.39, 0.29) is 6.10 Å². The molecule has 4 heteroatoms. The molecule has 1 aliphatic rings. The first-order valence-electron chi connectivity index (χ1n) is 5.33. The van der Waals surface area contributed by atoms with Crippen molar-refractivity contribution in [2.75, 3.05) is 0 Å². The van der Waals surface area contributed by atoms with E-state index in [0.29, 0.717) is 0 Å². The van der Waals surface area contributed by atoms with Crippen molar-refractivity contribution in [3.05, 3.63) is 35.4 Å². The predicted octanol–water partition coefficient (Wildman–Crippen LogP) is 3.06. The van der Waals surface area contributed by atoms with Crippen LogP contribution in [0.15, 0.2) is 18.2 Å². The lowest BCUT2D eigenvalue weighted by molar-refractivity contribution is 0.0307. The van der Waals surface area contributed by atoms with E-state index in [9.17, 15) is 13.6 Å². The molecule has 0 bridgehead atoms. The van der Waals surface area contributed by atoms with E-state index in [2.05, 4.69) is 0 Å². The van der Waals surface area contributed by atoms with Gasteiger partial charge in [0.25, 0.3) is 0 Å². The largest absolute Gasteiger partial charge is 0.459 e. The van der Waals surface area contributed by atoms with E-state index >= 15 is 0 Å². The van der Waals surface area contributed by atoms with Crippen molar-refractivity contribution in [2.24, 2.45) is 0 Å². The lowest BCUT2D eigenvalue weighted by Crippen LogP contribution is -2.17. The number of ether oxygens (including phenoxy) is 1. The van der Waals surface area contributed by atoms with E-state index in [1.165, 1.54) is 6.07 Å². The summed E-state index contributed by atoms with van der Waals surface area (Å²) in [6.07, 6.45) is 3.37. The fourth-order valence-corrected chi connectivity index (χ4v) is 1.91. The second-order valence-electron chi connectivity index (χ2n) is 3.91. The van der Waals surface area contributed by atoms with Crippen LogP contribution in [0.3, 0.4) is 0 Å². The first-order valence-corrected chi connectivity index (χ1v) is 5.33. The Labute approximate surface area is 92.2 Å². The van der Waals surface area contributed by atoms with Gasteiger partial charge in [-0.1, -0.05) is 6.07 Å². The average molecular weight is 226 g/mol. The van der Waals surface area contributed by atoms with Crippen molar-refractivity contribution in [3.8, 4) is 0 Å². The maximum Gasteiger partial charge on any atom is 0.344 e. The van der Waals surface area contributed by atoms with Gasteiger partial charge in [-0.3, -0.25) is 0 Å². The Morgan fingerprint density at radius 1 is 1.19 bits per heavy atom. The Kier molecular flexibility index (Phi) is 3.17. The predicted molar refractivity (Wildman–Crippen MR) is 54.0 cm³/mol. The molecule has 0 saturated heterocycles. The molecule has 0 spiro atoms. The SMILES string of the molecule is O=C(OC1CCCC1)c1c(F)cccc1F. The number of carbonyl (C=O) groups excluding carboxylic acids is 1. The summed E-state index contributed by atoms with van der Waals surface area (Å²) >= 11 is 0. The summed E-state index contributed by atoms with van der Waals surface area (Å²) in [5.41, 5.74) is -0.589. The Bertz CT molecular complexity index is 378. The number of hydrogen-bond donors (Lipinski definition) is 0. The molecule has 0 aliphatic heterocycles. The first-order chi connectivity index (χ1) is 7.68. The molecule has 0 radical (unpaired) electrons. The highest BCUT2D eigenvalue weighted by atomic mass is 19.1. The summed E-state index contributed by atoms with van der Waals surface area (Å²) in [6.45, 7) is 0. The summed E-state index contributed by atoms with van der Waals surface area (Å²) in [7, 11) is 0. The Balaban J connectivity index is 2.13. The van der Waals surface area contributed by atoms with E-state index in [4.69, 9.17) is 4.74 Å². The van der Waals surface area contributed by atoms with Gasteiger partial charge in [0.15, 0.2) is 0 Å². The minimum absolute atomic E-state index is 0.188. The molecule has 0 N–H and O–H groups in total. The zero-order valence-electron chi connectivity index (χ0n) is 8.71. The zero-order valence-corrected chi connectivity index (χ0v) is 8.71. The molecule has 0 heterocycles. The minimum Gasteiger partial charge on any atom is -0.459 e. The fraction of sp³-hybridized carbons (Fsp3) is 0.417. The molecule has 0 aromatic heterocycles. The smallest absolute Gasteiger partial charge is 0.344 e. The third kappa shape index (κ3) is 2.21. The number of esters is 1. The summed E-state index contributed by atoms with van der Waals surface area (Å²) in [6, 6.07) is 3.32. The molecule has 1 aromatic rings. The van der Waals surface area contributed by atoms with Crippen LogP contribution < -0.4 is 0 Å². The van der Waals surface area contributed by atoms with Crippen LogP contribution in [0, 0.1) is 11.6 Å². The second kappa shape index (κ2) is 4.60. The van der Waals surface area contributed by atoms with Crippen LogP contribution >= 0.6 is 0 Å². The van der Waals surface area contributed by atoms with Gasteiger partial charge in [0.1, 0.15) is 23.3 Å². The molecule has 2 nitrogen and oxygen atoms in total. The van der Waals surface area contributed by atoms with Crippen molar-refractivity contribution in [1.29, 1.82) is 0 Å². The normalized spacial score (nSPS) is 16.4. The lowest BCUT2D eigenvalue weighted by Gasteiger charge is -2.11. The quantitative estimate of drug-likeness (QED) is 0.724. The maximum absolute atomic E-state index is 13.2. The summed E-state index contributed by atoms with van der Waals surface area (Å²) < 4.78 is 31.5. The molecular weight excluding hydrogens is 214 g/mol. The van der Waals surface area contributed by atoms with Gasteiger partial charge in [0.2, 0.25) is 0 Å². The first kappa shape index (κ1) is 11.0. The van der Waals surface area contributed by atoms with E-state index in [1.807, 2.05) is 0 Å². The van der Waals surface area contributed by atoms with Gasteiger partial charge in [0, 0.05) is 0 Å². The van der Waals surface area contributed by atoms with Crippen LogP contribution in [0.5, 0.6) is 0 Å². The molecular formula is C12H12F2O2. The van der Waals surface area contributed by atoms with Crippen molar-refractivity contribution < 1.29 is 18.3 Å². The Hall–Kier alpha value is -1.45. The van der Waals surface area contributed by atoms with E-state index in [0.717, 1.165) is 37.8 Å². The third-order valence-corrected chi connectivity index (χ3v) is 2.74. The van der Waals surface area contributed by atoms with Crippen LogP contribution in [0.25, 0.3) is 0 Å². The lowest BCUT2D eigenvalue weighted by atomic mass is 10.2. The Morgan fingerprint density at radius 2 is 1.75 bits per heavy atom. The van der Waals surface area contributed by atoms with Crippen LogP contribution in [0.2, 0.25) is 0 Å². The molecule has 16 heavy (non-hydrogen) atoms. The molecule has 1 fully saturated rings. The van der Waals surface area contributed by atoms with Crippen LogP contribution in [-0.2, 0) is 4.74 Å². The zero-order chi connectivity index (χ0) is 11.5. The summed E-state index contributed by atoms with van der Waals surface area (Å²) in [4.78, 5) is 11.5. The monoisotopic (exact) mass is 226 g/mol. The molecule has 86 valence electrons. The minimum atomic E-state index is -0.900. The van der Waals surface area contributed by atoms with Crippen LogP contribution in [0.4, 0.5) is 8.78 Å². The maximum atomic E-state index is 13.2. The standard InChI is InChI=1S/C12H12F2O2/c13-9-6-3-7-10(14)11(9)12(15)16-8-4-1-2-5-8/h3,6-8H,1-2,4-5H2. The van der Waals surface area contributed by atoms with E-state index < -0.39 is 23.2 Å². The van der Waals surface area contributed by atoms with Crippen molar-refractivity contribution in [1.82, 2.24) is 0 Å². The number of hydrogen-bond acceptors (Lipinski definition) is 2. The number of benzene rings is 1. The molecule has 1 aliphatic carbocycles. The third-order valence-electron chi connectivity index (χ3n) is 2.74. The molecule has 0 amide bonds. The van der Waals surface area contributed by atoms with Crippen molar-refractivity contribution >= 4 is 5.97 Å². The van der Waals surface area contributed by atoms with Gasteiger partial charge < -0.3 is 4.74 Å². The van der Waals surface area contributed by atoms with Crippen LogP contribution in [-0.4, -0.2) is 12.1 Å². The Morgan fingerprint density at radius 3 is 2.31 bits per heavy atom. The average Bonchev–Trinajstić information content (AvgIpc) is 2.70. The van der Waals surface area contributed by atoms with Gasteiger partial charge in [-0.05, 0) is 37.8 Å². The number of rotatable bonds is 2. The topological polar surface area (TPSA) is 26.3 Å². The second-order valence-corrected chi connectivity index (χ2v) is 3.91. The number of halogens is 2. The summed E-state index contributed by atoms with van der Waals surface area (Å²) in [5, 5.41) is 0. The highest BCUT2D eigenvalue weighted by Gasteiger charge is 2.24. The fourth-order valence-electron chi connectivity index (χ4n) is 1.91. The molecule has 0 atom stereocenters. The highest BCUT2D eigenvalue weighted by Crippen LogP contribution is 2.23. The van der Waals surface area contributed by atoms with Gasteiger partial charge >= 0.3 is 5.97 Å². The molecule has 1 aromatic carbocycles. The van der Waals surface area contributed by atoms with Crippen LogP contribution in [0.1, 0.15) is 36.0 Å². The van der Waals surface area contributed by atoms with Gasteiger partial charge in [-0.25, -0.2) is 13.6 Å². The molecule has 1 saturated carbocycles. The van der Waals surface area contributed by atoms with Gasteiger partial charge in [-0.2, -0.15) is 0 Å². The number of carbonyl (C=O) groups is 1. The molecule has 0 unspecified atom stereocenters. The van der Waals surface area contributed by atoms with Crippen molar-refractivity contribution in [3.63, 3.8) is 0 Å². The van der Waals surface area contributed by atoms with Gasteiger partial charge in [0.05, 0.1) is 0 Å². The van der Waals surface area contributed by atoms with E-state index in [1.54, 1.807) is 0 Å². The summed E-state index contributed by atoms with van der Waals surface area (Å²) in [5.74, 6) is -2.64. The highest BCUT2D eigenvalue weighted by molar-refractivity contribution is 5.90. The van der Waals surface area contributed by atoms with Crippen molar-refractivity contribution in [2.45, 2.75) is 31.8 Å². The van der Waals surface area contributed by atoms with Gasteiger partial charge in [-0.15, -0.1) is 0 Å². The molecule has 2 rings (SSSR count).